The van der Waals surface area contributed by atoms with Gasteiger partial charge in [0.05, 0.1) is 6.42 Å². The van der Waals surface area contributed by atoms with E-state index >= 15 is 0 Å². The van der Waals surface area contributed by atoms with Gasteiger partial charge < -0.3 is 15.0 Å². The maximum Gasteiger partial charge on any atom is 0.305 e. The molecule has 0 aromatic carbocycles. The van der Waals surface area contributed by atoms with Crippen LogP contribution in [0.1, 0.15) is 31.0 Å². The molecule has 1 aliphatic carbocycles. The largest absolute Gasteiger partial charge is 0.481 e. The highest BCUT2D eigenvalue weighted by molar-refractivity contribution is 5.67. The normalized spacial score (nSPS) is 14.6. The number of aromatic amines is 1. The number of anilines is 1. The highest BCUT2D eigenvalue weighted by Crippen LogP contribution is 2.37. The van der Waals surface area contributed by atoms with Gasteiger partial charge >= 0.3 is 5.97 Å². The first-order chi connectivity index (χ1) is 8.06. The van der Waals surface area contributed by atoms with Crippen LogP contribution >= 0.6 is 0 Å². The van der Waals surface area contributed by atoms with E-state index in [1.165, 1.54) is 6.07 Å². The summed E-state index contributed by atoms with van der Waals surface area (Å²) in [6.07, 6.45) is 2.15. The Morgan fingerprint density at radius 2 is 2.35 bits per heavy atom. The molecule has 0 saturated heterocycles. The molecule has 1 aliphatic rings. The number of carboxylic acids is 1. The Bertz CT molecular complexity index is 479. The predicted octanol–water partition coefficient (Wildman–Crippen LogP) is 0.558. The van der Waals surface area contributed by atoms with E-state index in [4.69, 9.17) is 5.11 Å². The van der Waals surface area contributed by atoms with Gasteiger partial charge in [-0.3, -0.25) is 9.59 Å². The number of nitrogens with zero attached hydrogens (tertiary/aromatic N) is 2. The van der Waals surface area contributed by atoms with Crippen molar-refractivity contribution < 1.29 is 9.90 Å². The van der Waals surface area contributed by atoms with Crippen molar-refractivity contribution in [2.75, 3.05) is 18.5 Å². The molecule has 1 fully saturated rings. The van der Waals surface area contributed by atoms with Crippen molar-refractivity contribution in [3.63, 3.8) is 0 Å². The van der Waals surface area contributed by atoms with E-state index in [0.717, 1.165) is 18.7 Å². The Morgan fingerprint density at radius 1 is 1.65 bits per heavy atom. The quantitative estimate of drug-likeness (QED) is 0.781. The van der Waals surface area contributed by atoms with Crippen LogP contribution in [0.4, 0.5) is 5.82 Å². The van der Waals surface area contributed by atoms with Crippen molar-refractivity contribution in [1.82, 2.24) is 9.97 Å². The molecule has 6 nitrogen and oxygen atoms in total. The molecule has 0 aliphatic heterocycles. The Kier molecular flexibility index (Phi) is 3.12. The lowest BCUT2D eigenvalue weighted by Gasteiger charge is -2.17. The van der Waals surface area contributed by atoms with Gasteiger partial charge in [-0.1, -0.05) is 0 Å². The van der Waals surface area contributed by atoms with Crippen LogP contribution in [0, 0.1) is 0 Å². The topological polar surface area (TPSA) is 86.3 Å². The lowest BCUT2D eigenvalue weighted by molar-refractivity contribution is -0.136. The minimum atomic E-state index is -0.857. The van der Waals surface area contributed by atoms with E-state index in [9.17, 15) is 9.59 Å². The summed E-state index contributed by atoms with van der Waals surface area (Å²) >= 11 is 0. The molecule has 0 spiro atoms. The van der Waals surface area contributed by atoms with Crippen molar-refractivity contribution >= 4 is 11.8 Å². The molecule has 1 saturated carbocycles. The molecular weight excluding hydrogens is 222 g/mol. The maximum absolute atomic E-state index is 11.4. The smallest absolute Gasteiger partial charge is 0.305 e. The summed E-state index contributed by atoms with van der Waals surface area (Å²) in [6, 6.07) is 1.40. The fraction of sp³-hybridized carbons (Fsp3) is 0.545. The van der Waals surface area contributed by atoms with Crippen LogP contribution in [0.15, 0.2) is 10.9 Å². The first-order valence-electron chi connectivity index (χ1n) is 5.60. The number of rotatable bonds is 5. The Morgan fingerprint density at radius 3 is 2.94 bits per heavy atom. The standard InChI is InChI=1S/C11H15N3O3/c1-14(5-4-10(16)17)8-6-9(15)13-11(12-8)7-2-3-7/h6-7H,2-5H2,1H3,(H,16,17)(H,12,13,15). The number of carboxylic acid groups (broad SMARTS) is 1. The summed E-state index contributed by atoms with van der Waals surface area (Å²) in [5.41, 5.74) is -0.181. The molecule has 2 N–H and O–H groups in total. The molecule has 0 radical (unpaired) electrons. The van der Waals surface area contributed by atoms with E-state index in [0.29, 0.717) is 18.3 Å². The molecule has 0 atom stereocenters. The summed E-state index contributed by atoms with van der Waals surface area (Å²) in [4.78, 5) is 30.7. The number of hydrogen-bond donors (Lipinski definition) is 2. The third-order valence-corrected chi connectivity index (χ3v) is 2.76. The first kappa shape index (κ1) is 11.6. The average molecular weight is 237 g/mol. The van der Waals surface area contributed by atoms with Crippen molar-refractivity contribution in [3.05, 3.63) is 22.2 Å². The number of hydrogen-bond acceptors (Lipinski definition) is 4. The van der Waals surface area contributed by atoms with Gasteiger partial charge in [0, 0.05) is 25.6 Å². The second-order valence-corrected chi connectivity index (χ2v) is 4.33. The van der Waals surface area contributed by atoms with Crippen LogP contribution < -0.4 is 10.5 Å². The van der Waals surface area contributed by atoms with Crippen LogP contribution in [0.3, 0.4) is 0 Å². The van der Waals surface area contributed by atoms with Crippen molar-refractivity contribution in [1.29, 1.82) is 0 Å². The molecule has 17 heavy (non-hydrogen) atoms. The second-order valence-electron chi connectivity index (χ2n) is 4.33. The SMILES string of the molecule is CN(CCC(=O)O)c1cc(=O)[nH]c(C2CC2)n1. The summed E-state index contributed by atoms with van der Waals surface area (Å²) in [6.45, 7) is 0.343. The number of aliphatic carboxylic acids is 1. The fourth-order valence-electron chi connectivity index (χ4n) is 1.59. The monoisotopic (exact) mass is 237 g/mol. The second kappa shape index (κ2) is 4.57. The van der Waals surface area contributed by atoms with E-state index < -0.39 is 5.97 Å². The molecule has 0 bridgehead atoms. The lowest BCUT2D eigenvalue weighted by atomic mass is 10.3. The molecule has 6 heteroatoms. The van der Waals surface area contributed by atoms with Gasteiger partial charge in [-0.2, -0.15) is 0 Å². The van der Waals surface area contributed by atoms with Gasteiger partial charge in [0.15, 0.2) is 0 Å². The molecule has 1 aromatic rings. The zero-order chi connectivity index (χ0) is 12.4. The molecular formula is C11H15N3O3. The zero-order valence-corrected chi connectivity index (χ0v) is 9.64. The molecule has 92 valence electrons. The van der Waals surface area contributed by atoms with E-state index in [2.05, 4.69) is 9.97 Å². The van der Waals surface area contributed by atoms with E-state index in [1.807, 2.05) is 0 Å². The Hall–Kier alpha value is -1.85. The molecule has 2 rings (SSSR count). The Balaban J connectivity index is 2.13. The highest BCUT2D eigenvalue weighted by Gasteiger charge is 2.26. The van der Waals surface area contributed by atoms with Crippen LogP contribution in [0.2, 0.25) is 0 Å². The van der Waals surface area contributed by atoms with Crippen molar-refractivity contribution in [3.8, 4) is 0 Å². The van der Waals surface area contributed by atoms with Gasteiger partial charge in [-0.15, -0.1) is 0 Å². The van der Waals surface area contributed by atoms with E-state index in [-0.39, 0.29) is 12.0 Å². The third kappa shape index (κ3) is 3.05. The van der Waals surface area contributed by atoms with E-state index in [1.54, 1.807) is 11.9 Å². The van der Waals surface area contributed by atoms with Crippen molar-refractivity contribution in [2.24, 2.45) is 0 Å². The highest BCUT2D eigenvalue weighted by atomic mass is 16.4. The fourth-order valence-corrected chi connectivity index (χ4v) is 1.59. The molecule has 0 unspecified atom stereocenters. The number of carbonyl (C=O) groups is 1. The van der Waals surface area contributed by atoms with Crippen LogP contribution in [-0.2, 0) is 4.79 Å². The van der Waals surface area contributed by atoms with Gasteiger partial charge in [-0.25, -0.2) is 4.98 Å². The van der Waals surface area contributed by atoms with Crippen LogP contribution in [0.25, 0.3) is 0 Å². The minimum absolute atomic E-state index is 0.0315. The summed E-state index contributed by atoms with van der Waals surface area (Å²) in [5, 5.41) is 8.60. The van der Waals surface area contributed by atoms with Crippen LogP contribution in [0.5, 0.6) is 0 Å². The molecule has 1 aromatic heterocycles. The molecule has 1 heterocycles. The summed E-state index contributed by atoms with van der Waals surface area (Å²) in [7, 11) is 1.74. The minimum Gasteiger partial charge on any atom is -0.481 e. The van der Waals surface area contributed by atoms with Gasteiger partial charge in [0.1, 0.15) is 11.6 Å². The zero-order valence-electron chi connectivity index (χ0n) is 9.64. The van der Waals surface area contributed by atoms with Gasteiger partial charge in [0.25, 0.3) is 5.56 Å². The predicted molar refractivity (Wildman–Crippen MR) is 62.4 cm³/mol. The number of nitrogens with one attached hydrogen (secondary N) is 1. The first-order valence-corrected chi connectivity index (χ1v) is 5.60. The van der Waals surface area contributed by atoms with Crippen LogP contribution in [-0.4, -0.2) is 34.6 Å². The van der Waals surface area contributed by atoms with Crippen molar-refractivity contribution in [2.45, 2.75) is 25.2 Å². The average Bonchev–Trinajstić information content (AvgIpc) is 3.08. The Labute approximate surface area is 98.3 Å². The molecule has 0 amide bonds. The number of H-pyrrole nitrogens is 1. The summed E-state index contributed by atoms with van der Waals surface area (Å²) in [5.74, 6) is 0.770. The lowest BCUT2D eigenvalue weighted by Crippen LogP contribution is -2.24. The maximum atomic E-state index is 11.4. The van der Waals surface area contributed by atoms with Gasteiger partial charge in [-0.05, 0) is 12.8 Å². The summed E-state index contributed by atoms with van der Waals surface area (Å²) < 4.78 is 0. The third-order valence-electron chi connectivity index (χ3n) is 2.76. The van der Waals surface area contributed by atoms with Gasteiger partial charge in [0.2, 0.25) is 0 Å². The number of aromatic nitrogens is 2.